The van der Waals surface area contributed by atoms with Gasteiger partial charge in [0.05, 0.1) is 5.92 Å². The Hall–Kier alpha value is -4.77. The first-order chi connectivity index (χ1) is 27.9. The summed E-state index contributed by atoms with van der Waals surface area (Å²) in [6.07, 6.45) is 14.5. The molecule has 0 aliphatic heterocycles. The van der Waals surface area contributed by atoms with Gasteiger partial charge in [-0.3, -0.25) is 43.2 Å². The van der Waals surface area contributed by atoms with Gasteiger partial charge in [0.25, 0.3) is 0 Å². The molecule has 1 unspecified atom stereocenters. The molecule has 9 N–H and O–H groups in total. The van der Waals surface area contributed by atoms with Crippen molar-refractivity contribution in [3.63, 3.8) is 0 Å². The summed E-state index contributed by atoms with van der Waals surface area (Å²) >= 11 is 0. The van der Waals surface area contributed by atoms with E-state index in [2.05, 4.69) is 6.92 Å². The largest absolute Gasteiger partial charge is 0.481 e. The Morgan fingerprint density at radius 2 is 0.467 bits per heavy atom. The van der Waals surface area contributed by atoms with Crippen molar-refractivity contribution in [2.45, 2.75) is 210 Å². The van der Waals surface area contributed by atoms with Crippen LogP contribution in [0.3, 0.4) is 0 Å². The van der Waals surface area contributed by atoms with Gasteiger partial charge in [0.2, 0.25) is 0 Å². The van der Waals surface area contributed by atoms with E-state index in [4.69, 9.17) is 46.0 Å². The van der Waals surface area contributed by atoms with Gasteiger partial charge >= 0.3 is 53.7 Å². The number of aliphatic carboxylic acids is 9. The number of carbonyl (C=O) groups is 9. The molecule has 0 saturated carbocycles. The predicted octanol–water partition coefficient (Wildman–Crippen LogP) is 10.0. The molecule has 360 valence electrons. The lowest BCUT2D eigenvalue weighted by atomic mass is 9.99. The van der Waals surface area contributed by atoms with Crippen LogP contribution in [0.2, 0.25) is 0 Å². The molecule has 0 heterocycles. The fourth-order valence-electron chi connectivity index (χ4n) is 3.03. The third kappa shape index (κ3) is 149. The average molecular weight is 877 g/mol. The Morgan fingerprint density at radius 1 is 0.283 bits per heavy atom. The van der Waals surface area contributed by atoms with E-state index in [9.17, 15) is 43.2 Å². The molecule has 18 heteroatoms. The van der Waals surface area contributed by atoms with Crippen LogP contribution in [-0.4, -0.2) is 99.7 Å². The molecule has 0 aliphatic rings. The van der Waals surface area contributed by atoms with Gasteiger partial charge in [-0.1, -0.05) is 94.9 Å². The number of carboxylic acid groups (broad SMARTS) is 9. The average Bonchev–Trinajstić information content (AvgIpc) is 3.10. The smallest absolute Gasteiger partial charge is 0.306 e. The summed E-state index contributed by atoms with van der Waals surface area (Å²) < 4.78 is 0. The van der Waals surface area contributed by atoms with E-state index in [0.717, 1.165) is 70.6 Å². The number of rotatable bonds is 23. The molecule has 0 radical (unpaired) electrons. The fourth-order valence-corrected chi connectivity index (χ4v) is 3.03. The number of hydrogen-bond donors (Lipinski definition) is 9. The molecule has 18 nitrogen and oxygen atoms in total. The molecule has 0 aromatic heterocycles. The highest BCUT2D eigenvalue weighted by atomic mass is 16.4. The molecule has 60 heavy (non-hydrogen) atoms. The van der Waals surface area contributed by atoms with Crippen LogP contribution in [0.15, 0.2) is 0 Å². The molecule has 0 amide bonds. The highest BCUT2D eigenvalue weighted by Gasteiger charge is 2.13. The number of carboxylic acids is 9. The van der Waals surface area contributed by atoms with E-state index in [0.29, 0.717) is 51.4 Å². The highest BCUT2D eigenvalue weighted by molar-refractivity contribution is 5.70. The SMILES string of the molecule is CCCC(=O)O.CCCC(=O)O.CCCC(=O)O.CCCC(=O)O.CCCC(=O)O.CCCC(=O)O.CCCC(=O)O.CCCC(=O)O.CCCCCCC(CC)C(=O)O. The molecule has 0 rings (SSSR count). The molecule has 1 atom stereocenters. The lowest BCUT2D eigenvalue weighted by Gasteiger charge is -2.08. The van der Waals surface area contributed by atoms with Gasteiger partial charge in [-0.05, 0) is 64.2 Å². The molecular formula is C42H84O18. The van der Waals surface area contributed by atoms with Gasteiger partial charge in [0.15, 0.2) is 0 Å². The summed E-state index contributed by atoms with van der Waals surface area (Å²) in [6.45, 7) is 18.8. The zero-order valence-corrected chi connectivity index (χ0v) is 38.3. The lowest BCUT2D eigenvalue weighted by molar-refractivity contribution is -0.142. The zero-order chi connectivity index (χ0) is 49.3. The van der Waals surface area contributed by atoms with E-state index in [-0.39, 0.29) is 5.92 Å². The standard InChI is InChI=1S/C10H20O2.8C4H8O2/c1-3-5-6-7-8-9(4-2)10(11)12;8*1-2-3-4(5)6/h9H,3-8H2,1-2H3,(H,11,12);8*2-3H2,1H3,(H,5,6). The lowest BCUT2D eigenvalue weighted by Crippen LogP contribution is -2.12. The molecule has 0 fully saturated rings. The van der Waals surface area contributed by atoms with Crippen LogP contribution < -0.4 is 0 Å². The summed E-state index contributed by atoms with van der Waals surface area (Å²) in [7, 11) is 0. The van der Waals surface area contributed by atoms with Crippen molar-refractivity contribution >= 4 is 53.7 Å². The fraction of sp³-hybridized carbons (Fsp3) is 0.786. The van der Waals surface area contributed by atoms with Crippen molar-refractivity contribution < 1.29 is 89.1 Å². The molecule has 0 aromatic carbocycles. The van der Waals surface area contributed by atoms with Gasteiger partial charge in [-0.25, -0.2) is 0 Å². The van der Waals surface area contributed by atoms with E-state index in [1.54, 1.807) is 0 Å². The van der Waals surface area contributed by atoms with Crippen molar-refractivity contribution in [1.82, 2.24) is 0 Å². The molecule has 0 spiro atoms. The second-order valence-electron chi connectivity index (χ2n) is 12.4. The Labute approximate surface area is 358 Å². The monoisotopic (exact) mass is 877 g/mol. The Morgan fingerprint density at radius 3 is 0.550 bits per heavy atom. The second-order valence-corrected chi connectivity index (χ2v) is 12.4. The van der Waals surface area contributed by atoms with Gasteiger partial charge in [-0.2, -0.15) is 0 Å². The van der Waals surface area contributed by atoms with Crippen LogP contribution >= 0.6 is 0 Å². The Kier molecular flexibility index (Phi) is 87.3. The summed E-state index contributed by atoms with van der Waals surface area (Å²) in [4.78, 5) is 87.4. The van der Waals surface area contributed by atoms with Gasteiger partial charge in [0, 0.05) is 51.4 Å². The normalized spacial score (nSPS) is 9.10. The van der Waals surface area contributed by atoms with E-state index in [1.165, 1.54) is 19.3 Å². The third-order valence-corrected chi connectivity index (χ3v) is 5.96. The molecular weight excluding hydrogens is 792 g/mol. The van der Waals surface area contributed by atoms with Gasteiger partial charge < -0.3 is 46.0 Å². The van der Waals surface area contributed by atoms with Crippen LogP contribution in [0.5, 0.6) is 0 Å². The highest BCUT2D eigenvalue weighted by Crippen LogP contribution is 2.14. The minimum Gasteiger partial charge on any atom is -0.481 e. The van der Waals surface area contributed by atoms with Crippen molar-refractivity contribution in [3.8, 4) is 0 Å². The first-order valence-corrected chi connectivity index (χ1v) is 20.9. The van der Waals surface area contributed by atoms with Gasteiger partial charge in [-0.15, -0.1) is 0 Å². The summed E-state index contributed by atoms with van der Waals surface area (Å²) in [5.41, 5.74) is 0. The van der Waals surface area contributed by atoms with Crippen LogP contribution in [0, 0.1) is 5.92 Å². The van der Waals surface area contributed by atoms with Crippen LogP contribution in [0.25, 0.3) is 0 Å². The van der Waals surface area contributed by atoms with Crippen molar-refractivity contribution in [3.05, 3.63) is 0 Å². The van der Waals surface area contributed by atoms with E-state index in [1.807, 2.05) is 62.3 Å². The molecule has 0 aliphatic carbocycles. The maximum Gasteiger partial charge on any atom is 0.306 e. The summed E-state index contributed by atoms with van der Waals surface area (Å²) in [6, 6.07) is 0. The minimum absolute atomic E-state index is 0.109. The van der Waals surface area contributed by atoms with Crippen molar-refractivity contribution in [2.75, 3.05) is 0 Å². The number of unbranched alkanes of at least 4 members (excludes halogenated alkanes) is 3. The quantitative estimate of drug-likeness (QED) is 0.0431. The van der Waals surface area contributed by atoms with Crippen LogP contribution in [-0.2, 0) is 43.2 Å². The van der Waals surface area contributed by atoms with Gasteiger partial charge in [0.1, 0.15) is 0 Å². The summed E-state index contributed by atoms with van der Waals surface area (Å²) in [5.74, 6) is -6.43. The maximum absolute atomic E-state index is 10.6. The summed E-state index contributed by atoms with van der Waals surface area (Å²) in [5, 5.41) is 72.0. The zero-order valence-electron chi connectivity index (χ0n) is 38.3. The van der Waals surface area contributed by atoms with E-state index < -0.39 is 53.7 Å². The predicted molar refractivity (Wildman–Crippen MR) is 231 cm³/mol. The Bertz CT molecular complexity index is 821. The third-order valence-electron chi connectivity index (χ3n) is 5.96. The van der Waals surface area contributed by atoms with E-state index >= 15 is 0 Å². The number of hydrogen-bond acceptors (Lipinski definition) is 9. The Balaban J connectivity index is -0.0000000707. The first-order valence-electron chi connectivity index (χ1n) is 20.9. The topological polar surface area (TPSA) is 336 Å². The first kappa shape index (κ1) is 76.0. The van der Waals surface area contributed by atoms with Crippen LogP contribution in [0.4, 0.5) is 0 Å². The molecule has 0 saturated heterocycles. The second kappa shape index (κ2) is 68.9. The molecule has 0 aromatic rings. The van der Waals surface area contributed by atoms with Crippen LogP contribution in [0.1, 0.15) is 210 Å². The maximum atomic E-state index is 10.6. The van der Waals surface area contributed by atoms with Crippen molar-refractivity contribution in [2.24, 2.45) is 5.92 Å². The molecule has 0 bridgehead atoms. The minimum atomic E-state index is -0.711. The van der Waals surface area contributed by atoms with Crippen molar-refractivity contribution in [1.29, 1.82) is 0 Å².